The van der Waals surface area contributed by atoms with Gasteiger partial charge in [0.1, 0.15) is 5.75 Å². The second kappa shape index (κ2) is 4.88. The van der Waals surface area contributed by atoms with E-state index in [1.807, 2.05) is 0 Å². The maximum atomic E-state index is 12.1. The minimum absolute atomic E-state index is 0.224. The maximum absolute atomic E-state index is 12.1. The van der Waals surface area contributed by atoms with Crippen LogP contribution in [-0.4, -0.2) is 6.36 Å². The summed E-state index contributed by atoms with van der Waals surface area (Å²) in [5.41, 5.74) is 5.82. The SMILES string of the molecule is C=C[C@@H](N)c1cc(Br)ccc1OC(F)(F)F. The molecule has 0 radical (unpaired) electrons. The lowest BCUT2D eigenvalue weighted by atomic mass is 10.1. The highest BCUT2D eigenvalue weighted by Crippen LogP contribution is 2.32. The Bertz CT molecular complexity index is 392. The molecule has 0 heterocycles. The molecule has 2 nitrogen and oxygen atoms in total. The highest BCUT2D eigenvalue weighted by molar-refractivity contribution is 9.10. The Hall–Kier alpha value is -1.01. The summed E-state index contributed by atoms with van der Waals surface area (Å²) in [4.78, 5) is 0. The predicted molar refractivity (Wildman–Crippen MR) is 58.0 cm³/mol. The molecule has 0 aliphatic carbocycles. The first-order valence-electron chi connectivity index (χ1n) is 4.27. The second-order valence-corrected chi connectivity index (χ2v) is 3.91. The van der Waals surface area contributed by atoms with Gasteiger partial charge in [-0.05, 0) is 18.2 Å². The van der Waals surface area contributed by atoms with Crippen molar-refractivity contribution in [1.29, 1.82) is 0 Å². The smallest absolute Gasteiger partial charge is 0.405 e. The van der Waals surface area contributed by atoms with E-state index in [0.29, 0.717) is 4.47 Å². The molecular weight excluding hydrogens is 287 g/mol. The summed E-state index contributed by atoms with van der Waals surface area (Å²) < 4.78 is 40.7. The third-order valence-corrected chi connectivity index (χ3v) is 2.30. The fourth-order valence-electron chi connectivity index (χ4n) is 1.12. The van der Waals surface area contributed by atoms with Crippen LogP contribution in [0.3, 0.4) is 0 Å². The third kappa shape index (κ3) is 3.53. The number of halogens is 4. The van der Waals surface area contributed by atoms with Crippen LogP contribution in [0.1, 0.15) is 11.6 Å². The van der Waals surface area contributed by atoms with E-state index in [4.69, 9.17) is 5.73 Å². The van der Waals surface area contributed by atoms with Crippen molar-refractivity contribution in [2.24, 2.45) is 5.73 Å². The van der Waals surface area contributed by atoms with Crippen molar-refractivity contribution >= 4 is 15.9 Å². The van der Waals surface area contributed by atoms with Gasteiger partial charge in [-0.3, -0.25) is 0 Å². The highest BCUT2D eigenvalue weighted by Gasteiger charge is 2.32. The average Bonchev–Trinajstić information content (AvgIpc) is 2.17. The van der Waals surface area contributed by atoms with Crippen LogP contribution in [0.4, 0.5) is 13.2 Å². The molecule has 0 fully saturated rings. The molecule has 0 saturated heterocycles. The third-order valence-electron chi connectivity index (χ3n) is 1.81. The summed E-state index contributed by atoms with van der Waals surface area (Å²) in [5.74, 6) is -0.317. The van der Waals surface area contributed by atoms with E-state index in [2.05, 4.69) is 27.2 Å². The zero-order valence-electron chi connectivity index (χ0n) is 8.09. The van der Waals surface area contributed by atoms with Gasteiger partial charge in [-0.15, -0.1) is 19.8 Å². The molecule has 6 heteroatoms. The lowest BCUT2D eigenvalue weighted by Gasteiger charge is -2.16. The predicted octanol–water partition coefficient (Wildman–Crippen LogP) is 3.53. The number of rotatable bonds is 3. The highest BCUT2D eigenvalue weighted by atomic mass is 79.9. The van der Waals surface area contributed by atoms with Crippen molar-refractivity contribution in [3.05, 3.63) is 40.9 Å². The molecule has 0 aliphatic heterocycles. The van der Waals surface area contributed by atoms with Crippen molar-refractivity contribution in [1.82, 2.24) is 0 Å². The largest absolute Gasteiger partial charge is 0.573 e. The van der Waals surface area contributed by atoms with Crippen LogP contribution in [0.5, 0.6) is 5.75 Å². The molecular formula is C10H9BrF3NO. The molecule has 0 aliphatic rings. The minimum atomic E-state index is -4.73. The fraction of sp³-hybridized carbons (Fsp3) is 0.200. The Balaban J connectivity index is 3.12. The summed E-state index contributed by atoms with van der Waals surface area (Å²) in [7, 11) is 0. The van der Waals surface area contributed by atoms with Gasteiger partial charge in [0, 0.05) is 10.0 Å². The number of nitrogens with two attached hydrogens (primary N) is 1. The first-order valence-corrected chi connectivity index (χ1v) is 5.06. The number of hydrogen-bond acceptors (Lipinski definition) is 2. The molecule has 2 N–H and O–H groups in total. The van der Waals surface area contributed by atoms with Crippen LogP contribution in [0.2, 0.25) is 0 Å². The van der Waals surface area contributed by atoms with E-state index in [0.717, 1.165) is 0 Å². The number of ether oxygens (including phenoxy) is 1. The minimum Gasteiger partial charge on any atom is -0.405 e. The van der Waals surface area contributed by atoms with E-state index in [-0.39, 0.29) is 11.3 Å². The number of alkyl halides is 3. The standard InChI is InChI=1S/C10H9BrF3NO/c1-2-8(15)7-5-6(11)3-4-9(7)16-10(12,13)14/h2-5,8H,1,15H2/t8-/m1/s1. The van der Waals surface area contributed by atoms with Crippen molar-refractivity contribution in [3.8, 4) is 5.75 Å². The van der Waals surface area contributed by atoms with Gasteiger partial charge in [-0.2, -0.15) is 0 Å². The summed E-state index contributed by atoms with van der Waals surface area (Å²) in [6.07, 6.45) is -3.39. The molecule has 0 unspecified atom stereocenters. The summed E-state index contributed by atoms with van der Waals surface area (Å²) >= 11 is 3.15. The van der Waals surface area contributed by atoms with Crippen LogP contribution < -0.4 is 10.5 Å². The first-order chi connectivity index (χ1) is 7.33. The van der Waals surface area contributed by atoms with Crippen LogP contribution in [0.25, 0.3) is 0 Å². The van der Waals surface area contributed by atoms with Crippen LogP contribution in [0.15, 0.2) is 35.3 Å². The zero-order chi connectivity index (χ0) is 12.3. The van der Waals surface area contributed by atoms with Gasteiger partial charge in [0.25, 0.3) is 0 Å². The van der Waals surface area contributed by atoms with E-state index < -0.39 is 12.4 Å². The summed E-state index contributed by atoms with van der Waals surface area (Å²) in [6, 6.07) is 3.40. The van der Waals surface area contributed by atoms with Crippen molar-refractivity contribution in [3.63, 3.8) is 0 Å². The Kier molecular flexibility index (Phi) is 3.98. The molecule has 16 heavy (non-hydrogen) atoms. The van der Waals surface area contributed by atoms with E-state index in [1.54, 1.807) is 0 Å². The number of benzene rings is 1. The van der Waals surface area contributed by atoms with E-state index in [1.165, 1.54) is 24.3 Å². The first kappa shape index (κ1) is 13.1. The Labute approximate surface area is 99.0 Å². The van der Waals surface area contributed by atoms with E-state index >= 15 is 0 Å². The topological polar surface area (TPSA) is 35.2 Å². The molecule has 1 aromatic carbocycles. The lowest BCUT2D eigenvalue weighted by molar-refractivity contribution is -0.274. The van der Waals surface area contributed by atoms with Gasteiger partial charge in [0.2, 0.25) is 0 Å². The molecule has 0 spiro atoms. The zero-order valence-corrected chi connectivity index (χ0v) is 9.68. The van der Waals surface area contributed by atoms with Gasteiger partial charge in [-0.25, -0.2) is 0 Å². The number of hydrogen-bond donors (Lipinski definition) is 1. The van der Waals surface area contributed by atoms with Crippen LogP contribution >= 0.6 is 15.9 Å². The van der Waals surface area contributed by atoms with Crippen LogP contribution in [0, 0.1) is 0 Å². The maximum Gasteiger partial charge on any atom is 0.573 e. The molecule has 0 saturated carbocycles. The molecule has 0 aromatic heterocycles. The molecule has 1 aromatic rings. The van der Waals surface area contributed by atoms with Gasteiger partial charge in [-0.1, -0.05) is 22.0 Å². The van der Waals surface area contributed by atoms with Crippen LogP contribution in [-0.2, 0) is 0 Å². The molecule has 1 atom stereocenters. The summed E-state index contributed by atoms with van der Waals surface area (Å²) in [5, 5.41) is 0. The van der Waals surface area contributed by atoms with Gasteiger partial charge < -0.3 is 10.5 Å². The Morgan fingerprint density at radius 3 is 2.56 bits per heavy atom. The monoisotopic (exact) mass is 295 g/mol. The Morgan fingerprint density at radius 2 is 2.06 bits per heavy atom. The molecule has 88 valence electrons. The fourth-order valence-corrected chi connectivity index (χ4v) is 1.50. The quantitative estimate of drug-likeness (QED) is 0.866. The normalized spacial score (nSPS) is 13.3. The summed E-state index contributed by atoms with van der Waals surface area (Å²) in [6.45, 7) is 3.43. The van der Waals surface area contributed by atoms with Crippen molar-refractivity contribution in [2.45, 2.75) is 12.4 Å². The molecule has 0 bridgehead atoms. The van der Waals surface area contributed by atoms with Gasteiger partial charge in [0.15, 0.2) is 0 Å². The van der Waals surface area contributed by atoms with Gasteiger partial charge in [0.05, 0.1) is 6.04 Å². The molecule has 1 rings (SSSR count). The van der Waals surface area contributed by atoms with E-state index in [9.17, 15) is 13.2 Å². The van der Waals surface area contributed by atoms with Crippen molar-refractivity contribution < 1.29 is 17.9 Å². The lowest BCUT2D eigenvalue weighted by Crippen LogP contribution is -2.19. The van der Waals surface area contributed by atoms with Crippen molar-refractivity contribution in [2.75, 3.05) is 0 Å². The average molecular weight is 296 g/mol. The van der Waals surface area contributed by atoms with Gasteiger partial charge >= 0.3 is 6.36 Å². The molecule has 0 amide bonds. The second-order valence-electron chi connectivity index (χ2n) is 2.99. The Morgan fingerprint density at radius 1 is 1.44 bits per heavy atom.